The molecule has 1 saturated heterocycles. The Morgan fingerprint density at radius 2 is 1.68 bits per heavy atom. The van der Waals surface area contributed by atoms with Crippen LogP contribution in [0, 0.1) is 0 Å². The van der Waals surface area contributed by atoms with Gasteiger partial charge in [0.15, 0.2) is 11.5 Å². The van der Waals surface area contributed by atoms with E-state index in [2.05, 4.69) is 10.00 Å². The van der Waals surface area contributed by atoms with Gasteiger partial charge in [-0.1, -0.05) is 12.1 Å². The second-order valence-electron chi connectivity index (χ2n) is 7.35. The van der Waals surface area contributed by atoms with E-state index in [1.807, 2.05) is 24.3 Å². The number of hydrogen-bond donors (Lipinski definition) is 0. The van der Waals surface area contributed by atoms with Gasteiger partial charge in [-0.2, -0.15) is 4.68 Å². The van der Waals surface area contributed by atoms with Gasteiger partial charge in [-0.25, -0.2) is 0 Å². The van der Waals surface area contributed by atoms with Crippen LogP contribution in [0.4, 0.5) is 0 Å². The van der Waals surface area contributed by atoms with Crippen LogP contribution in [-0.2, 0) is 0 Å². The Morgan fingerprint density at radius 3 is 2.32 bits per heavy atom. The van der Waals surface area contributed by atoms with E-state index in [0.29, 0.717) is 40.8 Å². The minimum atomic E-state index is -0.315. The predicted molar refractivity (Wildman–Crippen MR) is 117 cm³/mol. The summed E-state index contributed by atoms with van der Waals surface area (Å²) < 4.78 is 23.5. The molecular weight excluding hydrogens is 398 g/mol. The molecule has 0 atom stereocenters. The minimum absolute atomic E-state index is 0.315. The average molecular weight is 425 g/mol. The fourth-order valence-electron chi connectivity index (χ4n) is 3.90. The van der Waals surface area contributed by atoms with Crippen molar-refractivity contribution in [2.24, 2.45) is 0 Å². The van der Waals surface area contributed by atoms with Crippen LogP contribution in [0.3, 0.4) is 0 Å². The second kappa shape index (κ2) is 9.26. The molecule has 8 nitrogen and oxygen atoms in total. The Hall–Kier alpha value is -3.26. The first-order valence-electron chi connectivity index (χ1n) is 10.3. The van der Waals surface area contributed by atoms with Crippen molar-refractivity contribution in [2.75, 3.05) is 47.6 Å². The molecule has 0 spiro atoms. The molecule has 1 aromatic heterocycles. The van der Waals surface area contributed by atoms with Crippen molar-refractivity contribution in [1.29, 1.82) is 0 Å². The zero-order valence-corrected chi connectivity index (χ0v) is 18.1. The number of carbonyl (C=O) groups is 1. The van der Waals surface area contributed by atoms with Crippen LogP contribution >= 0.6 is 0 Å². The summed E-state index contributed by atoms with van der Waals surface area (Å²) >= 11 is 0. The number of ether oxygens (including phenoxy) is 4. The Balaban J connectivity index is 1.65. The van der Waals surface area contributed by atoms with Crippen molar-refractivity contribution in [3.05, 3.63) is 42.0 Å². The fraction of sp³-hybridized carbons (Fsp3) is 0.391. The summed E-state index contributed by atoms with van der Waals surface area (Å²) in [6, 6.07) is 10.8. The number of hydrogen-bond acceptors (Lipinski definition) is 7. The number of benzene rings is 2. The lowest BCUT2D eigenvalue weighted by atomic mass is 10.1. The summed E-state index contributed by atoms with van der Waals surface area (Å²) in [4.78, 5) is 15.8. The summed E-state index contributed by atoms with van der Waals surface area (Å²) in [6.07, 6.45) is 2.47. The molecule has 164 valence electrons. The van der Waals surface area contributed by atoms with Crippen molar-refractivity contribution in [1.82, 2.24) is 14.7 Å². The van der Waals surface area contributed by atoms with Gasteiger partial charge < -0.3 is 18.9 Å². The maximum Gasteiger partial charge on any atom is 0.279 e. The Bertz CT molecular complexity index is 1050. The zero-order chi connectivity index (χ0) is 21.8. The van der Waals surface area contributed by atoms with Gasteiger partial charge in [0.25, 0.3) is 5.91 Å². The summed E-state index contributed by atoms with van der Waals surface area (Å²) in [7, 11) is 4.55. The molecule has 0 unspecified atom stereocenters. The third kappa shape index (κ3) is 4.16. The highest BCUT2D eigenvalue weighted by Gasteiger charge is 2.22. The van der Waals surface area contributed by atoms with E-state index in [1.54, 1.807) is 12.1 Å². The van der Waals surface area contributed by atoms with Crippen LogP contribution in [0.1, 0.15) is 23.2 Å². The van der Waals surface area contributed by atoms with Crippen LogP contribution in [0.2, 0.25) is 0 Å². The van der Waals surface area contributed by atoms with E-state index in [-0.39, 0.29) is 5.91 Å². The Labute approximate surface area is 181 Å². The van der Waals surface area contributed by atoms with Crippen LogP contribution < -0.4 is 18.9 Å². The average Bonchev–Trinajstić information content (AvgIpc) is 3.46. The van der Waals surface area contributed by atoms with Gasteiger partial charge in [0.05, 0.1) is 32.2 Å². The standard InChI is InChI=1S/C23H27N3O5/c1-28-19-14-16(15-20(29-2)21(19)30-3)23(27)26-18-9-5-4-8-17(18)22(24-26)31-13-12-25-10-6-7-11-25/h4-5,8-9,14-15H,6-7,10-13H2,1-3H3. The molecule has 8 heteroatoms. The lowest BCUT2D eigenvalue weighted by Gasteiger charge is -2.14. The SMILES string of the molecule is COc1cc(C(=O)n2nc(OCCN3CCCC3)c3ccccc32)cc(OC)c1OC. The summed E-state index contributed by atoms with van der Waals surface area (Å²) in [5.74, 6) is 1.38. The number of para-hydroxylation sites is 1. The van der Waals surface area contributed by atoms with E-state index < -0.39 is 0 Å². The highest BCUT2D eigenvalue weighted by atomic mass is 16.5. The van der Waals surface area contributed by atoms with E-state index >= 15 is 0 Å². The lowest BCUT2D eigenvalue weighted by Crippen LogP contribution is -2.25. The lowest BCUT2D eigenvalue weighted by molar-refractivity contribution is 0.0946. The quantitative estimate of drug-likeness (QED) is 0.548. The Kier molecular flexibility index (Phi) is 6.27. The van der Waals surface area contributed by atoms with Crippen molar-refractivity contribution >= 4 is 16.8 Å². The van der Waals surface area contributed by atoms with Crippen molar-refractivity contribution < 1.29 is 23.7 Å². The van der Waals surface area contributed by atoms with E-state index in [0.717, 1.165) is 25.0 Å². The van der Waals surface area contributed by atoms with E-state index in [4.69, 9.17) is 18.9 Å². The van der Waals surface area contributed by atoms with Gasteiger partial charge in [0, 0.05) is 12.1 Å². The minimum Gasteiger partial charge on any atom is -0.493 e. The molecule has 0 radical (unpaired) electrons. The first-order valence-corrected chi connectivity index (χ1v) is 10.3. The number of carbonyl (C=O) groups excluding carboxylic acids is 1. The molecule has 1 aliphatic rings. The van der Waals surface area contributed by atoms with Gasteiger partial charge >= 0.3 is 0 Å². The van der Waals surface area contributed by atoms with Crippen LogP contribution in [0.5, 0.6) is 23.1 Å². The van der Waals surface area contributed by atoms with Crippen LogP contribution in [0.15, 0.2) is 36.4 Å². The first kappa shape index (κ1) is 21.0. The van der Waals surface area contributed by atoms with Gasteiger partial charge in [-0.15, -0.1) is 5.10 Å². The summed E-state index contributed by atoms with van der Waals surface area (Å²) in [6.45, 7) is 3.59. The first-order chi connectivity index (χ1) is 15.2. The molecular formula is C23H27N3O5. The van der Waals surface area contributed by atoms with Gasteiger partial charge in [-0.05, 0) is 50.2 Å². The smallest absolute Gasteiger partial charge is 0.279 e. The van der Waals surface area contributed by atoms with E-state index in [1.165, 1.54) is 38.9 Å². The Morgan fingerprint density at radius 1 is 1.00 bits per heavy atom. The zero-order valence-electron chi connectivity index (χ0n) is 18.1. The van der Waals surface area contributed by atoms with E-state index in [9.17, 15) is 4.79 Å². The number of methoxy groups -OCH3 is 3. The normalized spacial score (nSPS) is 14.0. The third-order valence-electron chi connectivity index (χ3n) is 5.50. The molecule has 4 rings (SSSR count). The van der Waals surface area contributed by atoms with Gasteiger partial charge in [-0.3, -0.25) is 9.69 Å². The number of nitrogens with zero attached hydrogens (tertiary/aromatic N) is 3. The topological polar surface area (TPSA) is 75.1 Å². The van der Waals surface area contributed by atoms with Gasteiger partial charge in [0.1, 0.15) is 6.61 Å². The number of aromatic nitrogens is 2. The molecule has 3 aromatic rings. The number of fused-ring (bicyclic) bond motifs is 1. The summed E-state index contributed by atoms with van der Waals surface area (Å²) in [5, 5.41) is 5.29. The predicted octanol–water partition coefficient (Wildman–Crippen LogP) is 3.23. The van der Waals surface area contributed by atoms with Gasteiger partial charge in [0.2, 0.25) is 11.6 Å². The molecule has 0 bridgehead atoms. The molecule has 0 N–H and O–H groups in total. The highest BCUT2D eigenvalue weighted by molar-refractivity contribution is 6.03. The second-order valence-corrected chi connectivity index (χ2v) is 7.35. The molecule has 2 aromatic carbocycles. The van der Waals surface area contributed by atoms with Crippen molar-refractivity contribution in [3.63, 3.8) is 0 Å². The van der Waals surface area contributed by atoms with Crippen LogP contribution in [0.25, 0.3) is 10.9 Å². The maximum atomic E-state index is 13.4. The number of rotatable bonds is 8. The molecule has 0 saturated carbocycles. The maximum absolute atomic E-state index is 13.4. The largest absolute Gasteiger partial charge is 0.493 e. The monoisotopic (exact) mass is 425 g/mol. The molecule has 0 amide bonds. The number of likely N-dealkylation sites (tertiary alicyclic amines) is 1. The summed E-state index contributed by atoms with van der Waals surface area (Å²) in [5.41, 5.74) is 1.05. The van der Waals surface area contributed by atoms with Crippen molar-refractivity contribution in [2.45, 2.75) is 12.8 Å². The molecule has 1 fully saturated rings. The van der Waals surface area contributed by atoms with Crippen molar-refractivity contribution in [3.8, 4) is 23.1 Å². The fourth-order valence-corrected chi connectivity index (χ4v) is 3.90. The molecule has 0 aliphatic carbocycles. The highest BCUT2D eigenvalue weighted by Crippen LogP contribution is 2.38. The molecule has 2 heterocycles. The molecule has 1 aliphatic heterocycles. The molecule has 31 heavy (non-hydrogen) atoms. The van der Waals surface area contributed by atoms with Crippen LogP contribution in [-0.4, -0.2) is 68.2 Å². The third-order valence-corrected chi connectivity index (χ3v) is 5.50.